The second kappa shape index (κ2) is 6.26. The van der Waals surface area contributed by atoms with Crippen LogP contribution in [0.3, 0.4) is 0 Å². The van der Waals surface area contributed by atoms with Crippen LogP contribution in [0.1, 0.15) is 61.2 Å². The Bertz CT molecular complexity index is 784. The van der Waals surface area contributed by atoms with Gasteiger partial charge in [-0.05, 0) is 37.8 Å². The van der Waals surface area contributed by atoms with E-state index >= 15 is 0 Å². The fourth-order valence-corrected chi connectivity index (χ4v) is 3.56. The van der Waals surface area contributed by atoms with Crippen LogP contribution in [-0.2, 0) is 0 Å². The second-order valence-corrected chi connectivity index (χ2v) is 7.54. The molecular formula is C19H23N3O3. The van der Waals surface area contributed by atoms with Crippen LogP contribution >= 0.6 is 0 Å². The van der Waals surface area contributed by atoms with Crippen LogP contribution in [-0.4, -0.2) is 33.8 Å². The van der Waals surface area contributed by atoms with Crippen molar-refractivity contribution in [2.45, 2.75) is 51.0 Å². The van der Waals surface area contributed by atoms with Crippen LogP contribution in [0.25, 0.3) is 11.4 Å². The Kier molecular flexibility index (Phi) is 4.07. The molecule has 2 fully saturated rings. The third-order valence-electron chi connectivity index (χ3n) is 5.50. The highest BCUT2D eigenvalue weighted by Crippen LogP contribution is 2.39. The van der Waals surface area contributed by atoms with Gasteiger partial charge in [-0.1, -0.05) is 30.6 Å². The lowest BCUT2D eigenvalue weighted by Crippen LogP contribution is -2.44. The van der Waals surface area contributed by atoms with Gasteiger partial charge in [-0.25, -0.2) is 0 Å². The molecule has 1 aromatic carbocycles. The lowest BCUT2D eigenvalue weighted by molar-refractivity contribution is 0.0830. The maximum absolute atomic E-state index is 12.7. The largest absolute Gasteiger partial charge is 0.396 e. The normalized spacial score (nSPS) is 25.9. The highest BCUT2D eigenvalue weighted by Gasteiger charge is 2.39. The number of amides is 1. The van der Waals surface area contributed by atoms with Crippen LogP contribution in [0.15, 0.2) is 28.8 Å². The van der Waals surface area contributed by atoms with Crippen LogP contribution < -0.4 is 5.32 Å². The van der Waals surface area contributed by atoms with E-state index in [2.05, 4.69) is 15.5 Å². The molecule has 1 amide bonds. The molecule has 25 heavy (non-hydrogen) atoms. The summed E-state index contributed by atoms with van der Waals surface area (Å²) < 4.78 is 5.30. The van der Waals surface area contributed by atoms with Crippen LogP contribution in [0, 0.1) is 5.41 Å². The maximum Gasteiger partial charge on any atom is 0.251 e. The quantitative estimate of drug-likeness (QED) is 0.873. The van der Waals surface area contributed by atoms with Crippen molar-refractivity contribution in [1.29, 1.82) is 0 Å². The first-order chi connectivity index (χ1) is 12.1. The molecular weight excluding hydrogens is 318 g/mol. The number of nitrogens with one attached hydrogen (secondary N) is 1. The highest BCUT2D eigenvalue weighted by atomic mass is 16.5. The third kappa shape index (κ3) is 3.18. The van der Waals surface area contributed by atoms with E-state index in [1.807, 2.05) is 19.1 Å². The zero-order valence-corrected chi connectivity index (χ0v) is 14.4. The van der Waals surface area contributed by atoms with Gasteiger partial charge in [0.2, 0.25) is 11.7 Å². The number of nitrogens with zero attached hydrogens (tertiary/aromatic N) is 2. The van der Waals surface area contributed by atoms with Gasteiger partial charge in [0.15, 0.2) is 0 Å². The van der Waals surface area contributed by atoms with Gasteiger partial charge in [-0.3, -0.25) is 4.79 Å². The molecule has 2 aliphatic carbocycles. The first-order valence-corrected chi connectivity index (χ1v) is 8.95. The smallest absolute Gasteiger partial charge is 0.251 e. The Morgan fingerprint density at radius 1 is 1.40 bits per heavy atom. The summed E-state index contributed by atoms with van der Waals surface area (Å²) >= 11 is 0. The molecule has 2 aromatic rings. The van der Waals surface area contributed by atoms with E-state index in [9.17, 15) is 9.90 Å². The number of carbonyl (C=O) groups excluding carboxylic acids is 1. The minimum absolute atomic E-state index is 0.000278. The molecule has 0 spiro atoms. The fourth-order valence-electron chi connectivity index (χ4n) is 3.56. The molecule has 0 saturated heterocycles. The number of rotatable bonds is 5. The third-order valence-corrected chi connectivity index (χ3v) is 5.50. The van der Waals surface area contributed by atoms with E-state index in [-0.39, 0.29) is 24.0 Å². The summed E-state index contributed by atoms with van der Waals surface area (Å²) in [7, 11) is 0. The van der Waals surface area contributed by atoms with Crippen molar-refractivity contribution in [3.63, 3.8) is 0 Å². The molecule has 2 unspecified atom stereocenters. The predicted octanol–water partition coefficient (Wildman–Crippen LogP) is 2.89. The predicted molar refractivity (Wildman–Crippen MR) is 92.0 cm³/mol. The number of benzene rings is 1. The van der Waals surface area contributed by atoms with Crippen molar-refractivity contribution in [2.24, 2.45) is 5.41 Å². The van der Waals surface area contributed by atoms with Crippen molar-refractivity contribution in [3.05, 3.63) is 35.7 Å². The molecule has 132 valence electrons. The zero-order valence-electron chi connectivity index (χ0n) is 14.4. The van der Waals surface area contributed by atoms with Gasteiger partial charge in [0.25, 0.3) is 5.91 Å². The van der Waals surface area contributed by atoms with Crippen LogP contribution in [0.5, 0.6) is 0 Å². The Balaban J connectivity index is 1.51. The Labute approximate surface area is 146 Å². The number of carbonyl (C=O) groups is 1. The Hall–Kier alpha value is -2.21. The second-order valence-electron chi connectivity index (χ2n) is 7.54. The molecule has 6 nitrogen and oxygen atoms in total. The molecule has 2 saturated carbocycles. The van der Waals surface area contributed by atoms with Crippen molar-refractivity contribution < 1.29 is 14.4 Å². The zero-order chi connectivity index (χ0) is 17.4. The molecule has 2 N–H and O–H groups in total. The van der Waals surface area contributed by atoms with E-state index in [0.29, 0.717) is 23.2 Å². The minimum Gasteiger partial charge on any atom is -0.396 e. The summed E-state index contributed by atoms with van der Waals surface area (Å²) in [5.41, 5.74) is 1.11. The summed E-state index contributed by atoms with van der Waals surface area (Å²) in [6.07, 6.45) is 5.07. The molecule has 2 aliphatic rings. The fraction of sp³-hybridized carbons (Fsp3) is 0.526. The van der Waals surface area contributed by atoms with Gasteiger partial charge < -0.3 is 14.9 Å². The average molecular weight is 341 g/mol. The van der Waals surface area contributed by atoms with Gasteiger partial charge in [0, 0.05) is 28.5 Å². The number of aliphatic hydroxyl groups is 1. The van der Waals surface area contributed by atoms with Gasteiger partial charge in [0.1, 0.15) is 0 Å². The van der Waals surface area contributed by atoms with Gasteiger partial charge in [-0.2, -0.15) is 4.98 Å². The van der Waals surface area contributed by atoms with Crippen molar-refractivity contribution in [2.75, 3.05) is 6.61 Å². The van der Waals surface area contributed by atoms with Gasteiger partial charge in [-0.15, -0.1) is 0 Å². The van der Waals surface area contributed by atoms with E-state index < -0.39 is 0 Å². The van der Waals surface area contributed by atoms with Crippen molar-refractivity contribution in [1.82, 2.24) is 15.5 Å². The van der Waals surface area contributed by atoms with Gasteiger partial charge in [0.05, 0.1) is 6.61 Å². The molecule has 1 heterocycles. The molecule has 2 atom stereocenters. The number of aliphatic hydroxyl groups excluding tert-OH is 1. The van der Waals surface area contributed by atoms with Crippen LogP contribution in [0.2, 0.25) is 0 Å². The lowest BCUT2D eigenvalue weighted by Gasteiger charge is -2.30. The van der Waals surface area contributed by atoms with E-state index in [4.69, 9.17) is 4.52 Å². The minimum atomic E-state index is -0.236. The van der Waals surface area contributed by atoms with Crippen molar-refractivity contribution in [3.8, 4) is 11.4 Å². The Morgan fingerprint density at radius 2 is 2.24 bits per heavy atom. The summed E-state index contributed by atoms with van der Waals surface area (Å²) in [5, 5.41) is 16.8. The van der Waals surface area contributed by atoms with Crippen LogP contribution in [0.4, 0.5) is 0 Å². The average Bonchev–Trinajstić information content (AvgIpc) is 3.25. The summed E-state index contributed by atoms with van der Waals surface area (Å²) in [5.74, 6) is 1.50. The van der Waals surface area contributed by atoms with Gasteiger partial charge >= 0.3 is 0 Å². The highest BCUT2D eigenvalue weighted by molar-refractivity contribution is 5.95. The number of hydrogen-bond acceptors (Lipinski definition) is 5. The maximum atomic E-state index is 12.7. The SMILES string of the molecule is CC1(CO)CCCC1NC(=O)c1cccc(-c2noc(C3CC3)n2)c1. The molecule has 0 aliphatic heterocycles. The summed E-state index contributed by atoms with van der Waals surface area (Å²) in [6.45, 7) is 2.12. The molecule has 1 aromatic heterocycles. The molecule has 6 heteroatoms. The summed E-state index contributed by atoms with van der Waals surface area (Å²) in [4.78, 5) is 17.1. The standard InChI is InChI=1S/C19H23N3O3/c1-19(11-23)9-3-6-15(19)20-17(24)14-5-2-4-13(10-14)16-21-18(25-22-16)12-7-8-12/h2,4-5,10,12,15,23H,3,6-9,11H2,1H3,(H,20,24). The summed E-state index contributed by atoms with van der Waals surface area (Å²) in [6, 6.07) is 7.29. The number of hydrogen-bond donors (Lipinski definition) is 2. The first-order valence-electron chi connectivity index (χ1n) is 8.95. The van der Waals surface area contributed by atoms with E-state index in [1.165, 1.54) is 0 Å². The molecule has 4 rings (SSSR count). The molecule has 0 bridgehead atoms. The van der Waals surface area contributed by atoms with Crippen molar-refractivity contribution >= 4 is 5.91 Å². The van der Waals surface area contributed by atoms with E-state index in [0.717, 1.165) is 37.7 Å². The topological polar surface area (TPSA) is 88.2 Å². The lowest BCUT2D eigenvalue weighted by atomic mass is 9.85. The number of aromatic nitrogens is 2. The first kappa shape index (κ1) is 16.3. The van der Waals surface area contributed by atoms with E-state index in [1.54, 1.807) is 12.1 Å². The molecule has 0 radical (unpaired) electrons. The Morgan fingerprint density at radius 3 is 3.00 bits per heavy atom. The monoisotopic (exact) mass is 341 g/mol.